The van der Waals surface area contributed by atoms with Crippen molar-refractivity contribution in [2.45, 2.75) is 24.5 Å². The number of thiophene rings is 1. The number of nitrogens with one attached hydrogen (secondary N) is 1. The van der Waals surface area contributed by atoms with E-state index in [1.807, 2.05) is 6.92 Å². The molecule has 0 saturated carbocycles. The molecule has 1 aliphatic rings. The minimum Gasteiger partial charge on any atom is -0.356 e. The summed E-state index contributed by atoms with van der Waals surface area (Å²) >= 11 is 1.22. The lowest BCUT2D eigenvalue weighted by Crippen LogP contribution is -2.34. The van der Waals surface area contributed by atoms with Gasteiger partial charge in [-0.25, -0.2) is 8.42 Å². The molecule has 1 aliphatic heterocycles. The molecule has 1 unspecified atom stereocenters. The van der Waals surface area contributed by atoms with Gasteiger partial charge >= 0.3 is 0 Å². The van der Waals surface area contributed by atoms with Crippen molar-refractivity contribution in [1.82, 2.24) is 9.62 Å². The highest BCUT2D eigenvalue weighted by Crippen LogP contribution is 2.37. The van der Waals surface area contributed by atoms with Gasteiger partial charge in [0.15, 0.2) is 0 Å². The number of benzene rings is 1. The minimum absolute atomic E-state index is 0.0908. The van der Waals surface area contributed by atoms with Crippen LogP contribution in [0.5, 0.6) is 0 Å². The number of amides is 1. The molecule has 25 heavy (non-hydrogen) atoms. The molecule has 1 fully saturated rings. The Morgan fingerprint density at radius 1 is 1.48 bits per heavy atom. The second kappa shape index (κ2) is 6.75. The number of fused-ring (bicyclic) bond motifs is 1. The van der Waals surface area contributed by atoms with Crippen LogP contribution < -0.4 is 5.32 Å². The molecule has 3 rings (SSSR count). The lowest BCUT2D eigenvalue weighted by molar-refractivity contribution is -0.124. The summed E-state index contributed by atoms with van der Waals surface area (Å²) in [6, 6.07) is 7.28. The molecule has 1 amide bonds. The number of sulfonamides is 1. The van der Waals surface area contributed by atoms with Crippen molar-refractivity contribution >= 4 is 37.4 Å². The summed E-state index contributed by atoms with van der Waals surface area (Å²) in [5.74, 6) is -0.387. The van der Waals surface area contributed by atoms with Crippen LogP contribution in [0.15, 0.2) is 22.4 Å². The third-order valence-electron chi connectivity index (χ3n) is 4.47. The van der Waals surface area contributed by atoms with Gasteiger partial charge in [0.25, 0.3) is 10.0 Å². The van der Waals surface area contributed by atoms with Gasteiger partial charge in [-0.2, -0.15) is 9.57 Å². The predicted octanol–water partition coefficient (Wildman–Crippen LogP) is 2.23. The monoisotopic (exact) mass is 377 g/mol. The van der Waals surface area contributed by atoms with Crippen LogP contribution in [0.1, 0.15) is 24.5 Å². The van der Waals surface area contributed by atoms with E-state index >= 15 is 0 Å². The molecular weight excluding hydrogens is 358 g/mol. The molecule has 1 atom stereocenters. The Morgan fingerprint density at radius 3 is 2.92 bits per heavy atom. The van der Waals surface area contributed by atoms with Gasteiger partial charge in [-0.1, -0.05) is 0 Å². The summed E-state index contributed by atoms with van der Waals surface area (Å²) in [5.41, 5.74) is 1.17. The maximum atomic E-state index is 13.0. The fourth-order valence-corrected chi connectivity index (χ4v) is 6.49. The van der Waals surface area contributed by atoms with Crippen molar-refractivity contribution in [2.75, 3.05) is 19.6 Å². The highest BCUT2D eigenvalue weighted by molar-refractivity contribution is 7.91. The average Bonchev–Trinajstić information content (AvgIpc) is 3.21. The SMILES string of the molecule is CCNC(=O)C1CCN(S(=O)(=O)c2sc3ccc(C#N)cc3c2C)C1. The van der Waals surface area contributed by atoms with Crippen LogP contribution in [0.2, 0.25) is 0 Å². The first-order valence-electron chi connectivity index (χ1n) is 8.09. The molecule has 6 nitrogen and oxygen atoms in total. The largest absolute Gasteiger partial charge is 0.356 e. The lowest BCUT2D eigenvalue weighted by Gasteiger charge is -2.16. The smallest absolute Gasteiger partial charge is 0.252 e. The van der Waals surface area contributed by atoms with Crippen LogP contribution in [0.25, 0.3) is 10.1 Å². The highest BCUT2D eigenvalue weighted by atomic mass is 32.2. The number of carbonyl (C=O) groups is 1. The lowest BCUT2D eigenvalue weighted by atomic mass is 10.1. The van der Waals surface area contributed by atoms with Gasteiger partial charge in [0.05, 0.1) is 17.6 Å². The van der Waals surface area contributed by atoms with Crippen LogP contribution in [-0.2, 0) is 14.8 Å². The zero-order chi connectivity index (χ0) is 18.2. The first kappa shape index (κ1) is 17.9. The number of carbonyl (C=O) groups excluding carboxylic acids is 1. The maximum Gasteiger partial charge on any atom is 0.252 e. The second-order valence-corrected chi connectivity index (χ2v) is 9.27. The minimum atomic E-state index is -3.64. The first-order valence-corrected chi connectivity index (χ1v) is 10.3. The molecule has 0 spiro atoms. The van der Waals surface area contributed by atoms with Crippen LogP contribution in [0.4, 0.5) is 0 Å². The van der Waals surface area contributed by atoms with Crippen LogP contribution in [-0.4, -0.2) is 38.3 Å². The van der Waals surface area contributed by atoms with Crippen molar-refractivity contribution in [3.63, 3.8) is 0 Å². The van der Waals surface area contributed by atoms with Crippen molar-refractivity contribution < 1.29 is 13.2 Å². The van der Waals surface area contributed by atoms with E-state index in [2.05, 4.69) is 11.4 Å². The maximum absolute atomic E-state index is 13.0. The molecule has 8 heteroatoms. The molecular formula is C17H19N3O3S2. The average molecular weight is 377 g/mol. The zero-order valence-corrected chi connectivity index (χ0v) is 15.7. The Labute approximate surface area is 151 Å². The van der Waals surface area contributed by atoms with E-state index in [-0.39, 0.29) is 18.4 Å². The van der Waals surface area contributed by atoms with Gasteiger partial charge in [0.1, 0.15) is 4.21 Å². The standard InChI is InChI=1S/C17H19N3O3S2/c1-3-19-16(21)13-6-7-20(10-13)25(22,23)17-11(2)14-8-12(9-18)4-5-15(14)24-17/h4-5,8,13H,3,6-7,10H2,1-2H3,(H,19,21). The Hall–Kier alpha value is -1.95. The Morgan fingerprint density at radius 2 is 2.24 bits per heavy atom. The van der Waals surface area contributed by atoms with Gasteiger partial charge in [-0.15, -0.1) is 11.3 Å². The Balaban J connectivity index is 1.93. The summed E-state index contributed by atoms with van der Waals surface area (Å²) in [7, 11) is -3.64. The molecule has 0 bridgehead atoms. The molecule has 132 valence electrons. The molecule has 0 aliphatic carbocycles. The topological polar surface area (TPSA) is 90.3 Å². The number of hydrogen-bond acceptors (Lipinski definition) is 5. The molecule has 0 radical (unpaired) electrons. The molecule has 1 N–H and O–H groups in total. The number of nitrogens with zero attached hydrogens (tertiary/aromatic N) is 2. The predicted molar refractivity (Wildman–Crippen MR) is 96.8 cm³/mol. The van der Waals surface area contributed by atoms with Crippen molar-refractivity contribution in [1.29, 1.82) is 5.26 Å². The van der Waals surface area contributed by atoms with Crippen molar-refractivity contribution in [3.8, 4) is 6.07 Å². The third kappa shape index (κ3) is 3.15. The van der Waals surface area contributed by atoms with Crippen LogP contribution in [0, 0.1) is 24.2 Å². The Kier molecular flexibility index (Phi) is 4.82. The number of nitriles is 1. The molecule has 1 aromatic heterocycles. The molecule has 2 heterocycles. The Bertz CT molecular complexity index is 973. The number of rotatable bonds is 4. The van der Waals surface area contributed by atoms with Crippen LogP contribution >= 0.6 is 11.3 Å². The van der Waals surface area contributed by atoms with E-state index in [4.69, 9.17) is 5.26 Å². The fraction of sp³-hybridized carbons (Fsp3) is 0.412. The number of hydrogen-bond donors (Lipinski definition) is 1. The normalized spacial score (nSPS) is 18.4. The fourth-order valence-electron chi connectivity index (χ4n) is 3.11. The summed E-state index contributed by atoms with van der Waals surface area (Å²) < 4.78 is 28.6. The van der Waals surface area contributed by atoms with E-state index < -0.39 is 10.0 Å². The van der Waals surface area contributed by atoms with E-state index in [1.165, 1.54) is 15.6 Å². The van der Waals surface area contributed by atoms with Gasteiger partial charge < -0.3 is 5.32 Å². The third-order valence-corrected chi connectivity index (χ3v) is 8.20. The van der Waals surface area contributed by atoms with Crippen molar-refractivity contribution in [3.05, 3.63) is 29.3 Å². The zero-order valence-electron chi connectivity index (χ0n) is 14.1. The van der Waals surface area contributed by atoms with E-state index in [9.17, 15) is 13.2 Å². The molecule has 1 aromatic carbocycles. The summed E-state index contributed by atoms with van der Waals surface area (Å²) in [6.07, 6.45) is 0.535. The van der Waals surface area contributed by atoms with E-state index in [1.54, 1.807) is 25.1 Å². The van der Waals surface area contributed by atoms with Gasteiger partial charge in [-0.05, 0) is 49.4 Å². The summed E-state index contributed by atoms with van der Waals surface area (Å²) in [4.78, 5) is 12.0. The second-order valence-electron chi connectivity index (χ2n) is 6.08. The van der Waals surface area contributed by atoms with Crippen LogP contribution in [0.3, 0.4) is 0 Å². The molecule has 2 aromatic rings. The van der Waals surface area contributed by atoms with Gasteiger partial charge in [-0.3, -0.25) is 4.79 Å². The van der Waals surface area contributed by atoms with Gasteiger partial charge in [0, 0.05) is 24.3 Å². The van der Waals surface area contributed by atoms with E-state index in [0.29, 0.717) is 34.8 Å². The summed E-state index contributed by atoms with van der Waals surface area (Å²) in [5, 5.41) is 12.6. The van der Waals surface area contributed by atoms with Crippen molar-refractivity contribution in [2.24, 2.45) is 5.92 Å². The van der Waals surface area contributed by atoms with E-state index in [0.717, 1.165) is 10.1 Å². The summed E-state index contributed by atoms with van der Waals surface area (Å²) in [6.45, 7) is 4.72. The number of aryl methyl sites for hydroxylation is 1. The van der Waals surface area contributed by atoms with Gasteiger partial charge in [0.2, 0.25) is 5.91 Å². The quantitative estimate of drug-likeness (QED) is 0.885. The first-order chi connectivity index (χ1) is 11.9. The highest BCUT2D eigenvalue weighted by Gasteiger charge is 2.37. The molecule has 1 saturated heterocycles.